The quantitative estimate of drug-likeness (QED) is 0.274. The normalized spacial score (nSPS) is 14.8. The number of aromatic nitrogens is 1. The SMILES string of the molecule is Cc1ccc(/C=C2/SC(=S)N(CCCC(=O)Nc3ncc(Cc4ccc(Cl)cc4)s3)C2=O)cc1. The summed E-state index contributed by atoms with van der Waals surface area (Å²) in [5, 5.41) is 4.12. The Morgan fingerprint density at radius 3 is 2.65 bits per heavy atom. The van der Waals surface area contributed by atoms with Gasteiger partial charge in [0.2, 0.25) is 5.91 Å². The van der Waals surface area contributed by atoms with Crippen LogP contribution in [0.2, 0.25) is 5.02 Å². The third-order valence-electron chi connectivity index (χ3n) is 5.13. The fraction of sp³-hybridized carbons (Fsp3) is 0.200. The Bertz CT molecular complexity index is 1240. The van der Waals surface area contributed by atoms with Crippen LogP contribution in [-0.4, -0.2) is 32.6 Å². The Kier molecular flexibility index (Phi) is 8.15. The lowest BCUT2D eigenvalue weighted by atomic mass is 10.1. The van der Waals surface area contributed by atoms with E-state index in [4.69, 9.17) is 23.8 Å². The van der Waals surface area contributed by atoms with Gasteiger partial charge in [-0.05, 0) is 42.7 Å². The largest absolute Gasteiger partial charge is 0.302 e. The van der Waals surface area contributed by atoms with Crippen molar-refractivity contribution in [3.63, 3.8) is 0 Å². The highest BCUT2D eigenvalue weighted by molar-refractivity contribution is 8.26. The Hall–Kier alpha value is -2.52. The van der Waals surface area contributed by atoms with Crippen LogP contribution in [-0.2, 0) is 16.0 Å². The summed E-state index contributed by atoms with van der Waals surface area (Å²) < 4.78 is 0.524. The van der Waals surface area contributed by atoms with Gasteiger partial charge in [0.15, 0.2) is 5.13 Å². The van der Waals surface area contributed by atoms with Gasteiger partial charge < -0.3 is 5.32 Å². The second-order valence-corrected chi connectivity index (χ2v) is 11.1. The molecular formula is C25H22ClN3O2S3. The minimum atomic E-state index is -0.131. The van der Waals surface area contributed by atoms with Crippen molar-refractivity contribution in [3.8, 4) is 0 Å². The second kappa shape index (κ2) is 11.3. The molecule has 1 saturated heterocycles. The monoisotopic (exact) mass is 527 g/mol. The molecule has 1 aliphatic heterocycles. The lowest BCUT2D eigenvalue weighted by molar-refractivity contribution is -0.122. The molecule has 2 heterocycles. The van der Waals surface area contributed by atoms with E-state index in [-0.39, 0.29) is 18.2 Å². The first-order chi connectivity index (χ1) is 16.4. The molecule has 34 heavy (non-hydrogen) atoms. The number of anilines is 1. The summed E-state index contributed by atoms with van der Waals surface area (Å²) in [4.78, 5) is 32.7. The van der Waals surface area contributed by atoms with Crippen LogP contribution in [0.5, 0.6) is 0 Å². The zero-order chi connectivity index (χ0) is 24.1. The van der Waals surface area contributed by atoms with E-state index in [9.17, 15) is 9.59 Å². The number of halogens is 1. The van der Waals surface area contributed by atoms with Gasteiger partial charge in [-0.3, -0.25) is 14.5 Å². The predicted molar refractivity (Wildman–Crippen MR) is 145 cm³/mol. The molecule has 2 aromatic carbocycles. The second-order valence-electron chi connectivity index (χ2n) is 7.83. The molecule has 1 aromatic heterocycles. The minimum absolute atomic E-state index is 0.109. The Morgan fingerprint density at radius 2 is 1.91 bits per heavy atom. The molecule has 3 aromatic rings. The maximum absolute atomic E-state index is 12.8. The van der Waals surface area contributed by atoms with Gasteiger partial charge >= 0.3 is 0 Å². The van der Waals surface area contributed by atoms with Crippen molar-refractivity contribution in [2.24, 2.45) is 0 Å². The number of hydrogen-bond acceptors (Lipinski definition) is 6. The lowest BCUT2D eigenvalue weighted by Crippen LogP contribution is -2.29. The predicted octanol–water partition coefficient (Wildman–Crippen LogP) is 6.32. The highest BCUT2D eigenvalue weighted by Crippen LogP contribution is 2.32. The van der Waals surface area contributed by atoms with E-state index in [0.29, 0.717) is 32.3 Å². The topological polar surface area (TPSA) is 62.3 Å². The summed E-state index contributed by atoms with van der Waals surface area (Å²) in [6.07, 6.45) is 5.15. The molecule has 0 unspecified atom stereocenters. The van der Waals surface area contributed by atoms with Gasteiger partial charge in [-0.2, -0.15) is 0 Å². The van der Waals surface area contributed by atoms with Crippen LogP contribution in [0.25, 0.3) is 6.08 Å². The third-order valence-corrected chi connectivity index (χ3v) is 7.67. The van der Waals surface area contributed by atoms with Crippen molar-refractivity contribution in [1.29, 1.82) is 0 Å². The van der Waals surface area contributed by atoms with Crippen molar-refractivity contribution in [3.05, 3.63) is 86.2 Å². The number of thioether (sulfide) groups is 1. The number of rotatable bonds is 8. The molecular weight excluding hydrogens is 506 g/mol. The van der Waals surface area contributed by atoms with Gasteiger partial charge in [-0.25, -0.2) is 4.98 Å². The average molecular weight is 528 g/mol. The fourth-order valence-corrected chi connectivity index (χ4v) is 5.63. The number of hydrogen-bond donors (Lipinski definition) is 1. The van der Waals surface area contributed by atoms with Crippen molar-refractivity contribution >= 4 is 74.3 Å². The molecule has 174 valence electrons. The molecule has 1 N–H and O–H groups in total. The summed E-state index contributed by atoms with van der Waals surface area (Å²) in [5.74, 6) is -0.240. The first-order valence-corrected chi connectivity index (χ1v) is 13.1. The number of amides is 2. The zero-order valence-electron chi connectivity index (χ0n) is 18.4. The number of carbonyl (C=O) groups is 2. The molecule has 0 atom stereocenters. The molecule has 0 aliphatic carbocycles. The number of thiazole rings is 1. The van der Waals surface area contributed by atoms with Crippen LogP contribution < -0.4 is 5.32 Å². The van der Waals surface area contributed by atoms with Crippen LogP contribution in [0.3, 0.4) is 0 Å². The Balaban J connectivity index is 1.25. The summed E-state index contributed by atoms with van der Waals surface area (Å²) in [7, 11) is 0. The standard InChI is InChI=1S/C25H22ClN3O2S3/c1-16-4-6-18(7-5-16)14-21-23(31)29(25(32)34-21)12-2-3-22(30)28-24-27-15-20(33-24)13-17-8-10-19(26)11-9-17/h4-11,14-15H,2-3,12-13H2,1H3,(H,27,28,30)/b21-14+. The maximum atomic E-state index is 12.8. The van der Waals surface area contributed by atoms with Gasteiger partial charge in [-0.1, -0.05) is 77.5 Å². The van der Waals surface area contributed by atoms with Gasteiger partial charge in [0.05, 0.1) is 4.91 Å². The number of aryl methyl sites for hydroxylation is 1. The van der Waals surface area contributed by atoms with Crippen LogP contribution in [0.15, 0.2) is 59.6 Å². The van der Waals surface area contributed by atoms with Crippen molar-refractivity contribution in [1.82, 2.24) is 9.88 Å². The number of thiocarbonyl (C=S) groups is 1. The summed E-state index contributed by atoms with van der Waals surface area (Å²) >= 11 is 14.1. The van der Waals surface area contributed by atoms with Gasteiger partial charge in [0.25, 0.3) is 5.91 Å². The molecule has 9 heteroatoms. The molecule has 0 radical (unpaired) electrons. The summed E-state index contributed by atoms with van der Waals surface area (Å²) in [6, 6.07) is 15.6. The van der Waals surface area contributed by atoms with Crippen LogP contribution in [0, 0.1) is 6.92 Å². The van der Waals surface area contributed by atoms with Gasteiger partial charge in [-0.15, -0.1) is 11.3 Å². The van der Waals surface area contributed by atoms with E-state index in [2.05, 4.69) is 10.3 Å². The first-order valence-electron chi connectivity index (χ1n) is 10.7. The molecule has 0 saturated carbocycles. The smallest absolute Gasteiger partial charge is 0.266 e. The van der Waals surface area contributed by atoms with E-state index in [0.717, 1.165) is 22.4 Å². The molecule has 5 nitrogen and oxygen atoms in total. The average Bonchev–Trinajstić information content (AvgIpc) is 3.35. The van der Waals surface area contributed by atoms with Gasteiger partial charge in [0.1, 0.15) is 4.32 Å². The maximum Gasteiger partial charge on any atom is 0.266 e. The van der Waals surface area contributed by atoms with Crippen molar-refractivity contribution in [2.45, 2.75) is 26.2 Å². The van der Waals surface area contributed by atoms with Crippen LogP contribution in [0.1, 0.15) is 34.4 Å². The zero-order valence-corrected chi connectivity index (χ0v) is 21.6. The van der Waals surface area contributed by atoms with E-state index < -0.39 is 0 Å². The highest BCUT2D eigenvalue weighted by Gasteiger charge is 2.31. The fourth-order valence-electron chi connectivity index (χ4n) is 3.34. The van der Waals surface area contributed by atoms with Crippen molar-refractivity contribution < 1.29 is 9.59 Å². The summed E-state index contributed by atoms with van der Waals surface area (Å²) in [6.45, 7) is 2.43. The molecule has 4 rings (SSSR count). The molecule has 0 bridgehead atoms. The number of benzene rings is 2. The molecule has 1 fully saturated rings. The molecule has 1 aliphatic rings. The van der Waals surface area contributed by atoms with Crippen molar-refractivity contribution in [2.75, 3.05) is 11.9 Å². The Labute approximate surface area is 217 Å². The number of nitrogens with zero attached hydrogens (tertiary/aromatic N) is 2. The first kappa shape index (κ1) is 24.6. The molecule has 0 spiro atoms. The minimum Gasteiger partial charge on any atom is -0.302 e. The van der Waals surface area contributed by atoms with E-state index in [1.165, 1.54) is 28.7 Å². The number of carbonyl (C=O) groups excluding carboxylic acids is 2. The van der Waals surface area contributed by atoms with Crippen LogP contribution in [0.4, 0.5) is 5.13 Å². The van der Waals surface area contributed by atoms with Gasteiger partial charge in [0, 0.05) is 35.5 Å². The summed E-state index contributed by atoms with van der Waals surface area (Å²) in [5.41, 5.74) is 3.26. The highest BCUT2D eigenvalue weighted by atomic mass is 35.5. The lowest BCUT2D eigenvalue weighted by Gasteiger charge is -2.13. The number of nitrogens with one attached hydrogen (secondary N) is 1. The third kappa shape index (κ3) is 6.54. The Morgan fingerprint density at radius 1 is 1.18 bits per heavy atom. The molecule has 2 amide bonds. The van der Waals surface area contributed by atoms with E-state index >= 15 is 0 Å². The van der Waals surface area contributed by atoms with E-state index in [1.807, 2.05) is 61.5 Å². The van der Waals surface area contributed by atoms with Crippen LogP contribution >= 0.6 is 46.9 Å². The van der Waals surface area contributed by atoms with E-state index in [1.54, 1.807) is 11.1 Å².